The zero-order valence-electron chi connectivity index (χ0n) is 15.4. The second-order valence-electron chi connectivity index (χ2n) is 6.85. The first-order chi connectivity index (χ1) is 13.2. The number of likely N-dealkylation sites (tertiary alicyclic amines) is 1. The highest BCUT2D eigenvalue weighted by atomic mass is 32.1. The monoisotopic (exact) mass is 381 g/mol. The van der Waals surface area contributed by atoms with Crippen molar-refractivity contribution in [3.63, 3.8) is 0 Å². The molecule has 1 amide bonds. The third kappa shape index (κ3) is 3.96. The molecule has 4 rings (SSSR count). The highest BCUT2D eigenvalue weighted by molar-refractivity contribution is 7.16. The topological polar surface area (TPSA) is 58.4 Å². The van der Waals surface area contributed by atoms with Crippen molar-refractivity contribution >= 4 is 22.2 Å². The summed E-state index contributed by atoms with van der Waals surface area (Å²) in [6.07, 6.45) is 8.89. The van der Waals surface area contributed by atoms with E-state index in [1.165, 1.54) is 36.0 Å². The van der Waals surface area contributed by atoms with Gasteiger partial charge >= 0.3 is 0 Å². The van der Waals surface area contributed by atoms with Crippen LogP contribution in [0.1, 0.15) is 51.9 Å². The number of hydrogen-bond donors (Lipinski definition) is 1. The smallest absolute Gasteiger partial charge is 0.291 e. The average Bonchev–Trinajstić information content (AvgIpc) is 3.34. The second-order valence-corrected chi connectivity index (χ2v) is 8.11. The summed E-state index contributed by atoms with van der Waals surface area (Å²) in [5.74, 6) is 0.112. The fourth-order valence-corrected chi connectivity index (χ4v) is 4.66. The van der Waals surface area contributed by atoms with Crippen molar-refractivity contribution in [1.29, 1.82) is 0 Å². The second kappa shape index (κ2) is 8.06. The number of carbonyl (C=O) groups is 1. The molecule has 0 bridgehead atoms. The molecule has 0 unspecified atom stereocenters. The van der Waals surface area contributed by atoms with E-state index in [9.17, 15) is 4.79 Å². The molecule has 1 N–H and O–H groups in total. The number of hydrogen-bond acceptors (Lipinski definition) is 5. The number of aromatic nitrogens is 1. The summed E-state index contributed by atoms with van der Waals surface area (Å²) < 4.78 is 5.25. The maximum atomic E-state index is 12.6. The molecular weight excluding hydrogens is 358 g/mol. The lowest BCUT2D eigenvalue weighted by Gasteiger charge is -2.35. The predicted octanol–water partition coefficient (Wildman–Crippen LogP) is 4.87. The van der Waals surface area contributed by atoms with Crippen molar-refractivity contribution in [2.24, 2.45) is 0 Å². The quantitative estimate of drug-likeness (QED) is 0.685. The highest BCUT2D eigenvalue weighted by Crippen LogP contribution is 2.40. The van der Waals surface area contributed by atoms with Gasteiger partial charge in [-0.3, -0.25) is 14.7 Å². The Balaban J connectivity index is 1.70. The minimum Gasteiger partial charge on any atom is -0.459 e. The van der Waals surface area contributed by atoms with E-state index in [1.807, 2.05) is 12.4 Å². The van der Waals surface area contributed by atoms with Crippen LogP contribution in [0.3, 0.4) is 0 Å². The molecule has 140 valence electrons. The molecule has 0 aromatic carbocycles. The van der Waals surface area contributed by atoms with Crippen molar-refractivity contribution in [3.05, 3.63) is 70.8 Å². The van der Waals surface area contributed by atoms with Gasteiger partial charge in [0.1, 0.15) is 5.00 Å². The summed E-state index contributed by atoms with van der Waals surface area (Å²) >= 11 is 1.61. The van der Waals surface area contributed by atoms with E-state index in [2.05, 4.69) is 40.3 Å². The summed E-state index contributed by atoms with van der Waals surface area (Å²) in [6, 6.07) is 9.87. The lowest BCUT2D eigenvalue weighted by molar-refractivity contribution is 0.0996. The maximum Gasteiger partial charge on any atom is 0.291 e. The zero-order valence-corrected chi connectivity index (χ0v) is 16.2. The molecule has 1 fully saturated rings. The van der Waals surface area contributed by atoms with E-state index in [0.717, 1.165) is 23.7 Å². The molecule has 0 radical (unpaired) electrons. The van der Waals surface area contributed by atoms with E-state index >= 15 is 0 Å². The van der Waals surface area contributed by atoms with Gasteiger partial charge in [-0.1, -0.05) is 6.42 Å². The van der Waals surface area contributed by atoms with E-state index in [1.54, 1.807) is 23.5 Å². The number of thiophene rings is 1. The van der Waals surface area contributed by atoms with Crippen LogP contribution in [0.15, 0.2) is 53.4 Å². The SMILES string of the molecule is Cc1cc([C@@H](c2ccncc2)N2CCCCC2)c(NC(=O)c2ccco2)s1. The van der Waals surface area contributed by atoms with Crippen LogP contribution in [0.5, 0.6) is 0 Å². The van der Waals surface area contributed by atoms with Gasteiger partial charge in [-0.25, -0.2) is 0 Å². The first kappa shape index (κ1) is 17.9. The van der Waals surface area contributed by atoms with Crippen LogP contribution in [0.2, 0.25) is 0 Å². The first-order valence-corrected chi connectivity index (χ1v) is 10.1. The van der Waals surface area contributed by atoms with Gasteiger partial charge in [0.2, 0.25) is 0 Å². The van der Waals surface area contributed by atoms with Gasteiger partial charge in [-0.2, -0.15) is 0 Å². The largest absolute Gasteiger partial charge is 0.459 e. The Hall–Kier alpha value is -2.44. The molecule has 0 aliphatic carbocycles. The number of amides is 1. The van der Waals surface area contributed by atoms with Crippen molar-refractivity contribution in [2.45, 2.75) is 32.2 Å². The molecule has 1 aliphatic heterocycles. The van der Waals surface area contributed by atoms with E-state index in [-0.39, 0.29) is 11.9 Å². The summed E-state index contributed by atoms with van der Waals surface area (Å²) in [5, 5.41) is 3.96. The molecular formula is C21H23N3O2S. The minimum absolute atomic E-state index is 0.116. The number of pyridine rings is 1. The average molecular weight is 382 g/mol. The Kier molecular flexibility index (Phi) is 5.36. The fraction of sp³-hybridized carbons (Fsp3) is 0.333. The molecule has 1 saturated heterocycles. The number of carbonyl (C=O) groups excluding carboxylic acids is 1. The molecule has 4 heterocycles. The number of rotatable bonds is 5. The number of piperidine rings is 1. The van der Waals surface area contributed by atoms with Crippen molar-refractivity contribution < 1.29 is 9.21 Å². The number of nitrogens with one attached hydrogen (secondary N) is 1. The highest BCUT2D eigenvalue weighted by Gasteiger charge is 2.28. The molecule has 0 spiro atoms. The summed E-state index contributed by atoms with van der Waals surface area (Å²) in [6.45, 7) is 4.21. The molecule has 27 heavy (non-hydrogen) atoms. The van der Waals surface area contributed by atoms with Crippen LogP contribution in [-0.2, 0) is 0 Å². The lowest BCUT2D eigenvalue weighted by atomic mass is 9.96. The predicted molar refractivity (Wildman–Crippen MR) is 107 cm³/mol. The molecule has 6 heteroatoms. The third-order valence-corrected chi connectivity index (χ3v) is 5.91. The fourth-order valence-electron chi connectivity index (χ4n) is 3.72. The Labute approximate surface area is 163 Å². The van der Waals surface area contributed by atoms with Crippen LogP contribution in [0, 0.1) is 6.92 Å². The molecule has 0 saturated carbocycles. The minimum atomic E-state index is -0.213. The number of anilines is 1. The number of furan rings is 1. The summed E-state index contributed by atoms with van der Waals surface area (Å²) in [5.41, 5.74) is 2.35. The molecule has 1 atom stereocenters. The van der Waals surface area contributed by atoms with Gasteiger partial charge in [0.15, 0.2) is 5.76 Å². The van der Waals surface area contributed by atoms with Gasteiger partial charge in [0, 0.05) is 22.8 Å². The van der Waals surface area contributed by atoms with Crippen molar-refractivity contribution in [3.8, 4) is 0 Å². The van der Waals surface area contributed by atoms with Crippen molar-refractivity contribution in [2.75, 3.05) is 18.4 Å². The summed E-state index contributed by atoms with van der Waals surface area (Å²) in [4.78, 5) is 20.4. The summed E-state index contributed by atoms with van der Waals surface area (Å²) in [7, 11) is 0. The number of aryl methyl sites for hydroxylation is 1. The Morgan fingerprint density at radius 1 is 1.22 bits per heavy atom. The van der Waals surface area contributed by atoms with Gasteiger partial charge < -0.3 is 9.73 Å². The normalized spacial score (nSPS) is 16.2. The molecule has 3 aromatic heterocycles. The molecule has 3 aromatic rings. The van der Waals surface area contributed by atoms with Gasteiger partial charge in [0.25, 0.3) is 5.91 Å². The van der Waals surface area contributed by atoms with Crippen LogP contribution in [0.4, 0.5) is 5.00 Å². The maximum absolute atomic E-state index is 12.6. The standard InChI is InChI=1S/C21H23N3O2S/c1-15-14-17(21(27-15)23-20(25)18-6-5-13-26-18)19(16-7-9-22-10-8-16)24-11-3-2-4-12-24/h5-10,13-14,19H,2-4,11-12H2,1H3,(H,23,25)/t19-/m1/s1. The lowest BCUT2D eigenvalue weighted by Crippen LogP contribution is -2.34. The third-order valence-electron chi connectivity index (χ3n) is 4.93. The van der Waals surface area contributed by atoms with Crippen molar-refractivity contribution in [1.82, 2.24) is 9.88 Å². The van der Waals surface area contributed by atoms with Crippen LogP contribution in [0.25, 0.3) is 0 Å². The van der Waals surface area contributed by atoms with Gasteiger partial charge in [-0.05, 0) is 68.8 Å². The zero-order chi connectivity index (χ0) is 18.6. The Morgan fingerprint density at radius 3 is 2.70 bits per heavy atom. The van der Waals surface area contributed by atoms with E-state index in [4.69, 9.17) is 4.42 Å². The van der Waals surface area contributed by atoms with E-state index < -0.39 is 0 Å². The van der Waals surface area contributed by atoms with Gasteiger partial charge in [0.05, 0.1) is 12.3 Å². The van der Waals surface area contributed by atoms with Gasteiger partial charge in [-0.15, -0.1) is 11.3 Å². The Bertz CT molecular complexity index is 884. The van der Waals surface area contributed by atoms with Crippen LogP contribution >= 0.6 is 11.3 Å². The number of nitrogens with zero attached hydrogens (tertiary/aromatic N) is 2. The van der Waals surface area contributed by atoms with Crippen LogP contribution < -0.4 is 5.32 Å². The Morgan fingerprint density at radius 2 is 2.00 bits per heavy atom. The molecule has 1 aliphatic rings. The van der Waals surface area contributed by atoms with E-state index in [0.29, 0.717) is 5.76 Å². The van der Waals surface area contributed by atoms with Crippen LogP contribution in [-0.4, -0.2) is 28.9 Å². The molecule has 5 nitrogen and oxygen atoms in total. The first-order valence-electron chi connectivity index (χ1n) is 9.31.